The van der Waals surface area contributed by atoms with Crippen molar-refractivity contribution in [2.24, 2.45) is 0 Å². The van der Waals surface area contributed by atoms with Gasteiger partial charge in [0.05, 0.1) is 12.0 Å². The number of carbonyl (C=O) groups is 1. The first-order valence-electron chi connectivity index (χ1n) is 5.24. The molecule has 0 N–H and O–H groups in total. The summed E-state index contributed by atoms with van der Waals surface area (Å²) in [6, 6.07) is 8.42. The van der Waals surface area contributed by atoms with E-state index in [1.54, 1.807) is 0 Å². The Kier molecular flexibility index (Phi) is 1.58. The van der Waals surface area contributed by atoms with Gasteiger partial charge in [0, 0.05) is 7.05 Å². The van der Waals surface area contributed by atoms with E-state index in [-0.39, 0.29) is 17.9 Å². The van der Waals surface area contributed by atoms with Crippen molar-refractivity contribution in [1.29, 1.82) is 0 Å². The van der Waals surface area contributed by atoms with Crippen LogP contribution in [0, 0.1) is 0 Å². The highest BCUT2D eigenvalue weighted by atomic mass is 16.2. The zero-order valence-corrected chi connectivity index (χ0v) is 8.90. The summed E-state index contributed by atoms with van der Waals surface area (Å²) in [6.45, 7) is 2.11. The molecule has 0 saturated carbocycles. The Hall–Kier alpha value is -1.57. The minimum absolute atomic E-state index is 0.0452. The maximum absolute atomic E-state index is 12.0. The van der Waals surface area contributed by atoms with Crippen molar-refractivity contribution < 1.29 is 4.79 Å². The van der Waals surface area contributed by atoms with E-state index in [1.165, 1.54) is 16.7 Å². The van der Waals surface area contributed by atoms with E-state index in [0.29, 0.717) is 0 Å². The first kappa shape index (κ1) is 8.72. The smallest absolute Gasteiger partial charge is 0.234 e. The summed E-state index contributed by atoms with van der Waals surface area (Å²) in [4.78, 5) is 13.8. The quantitative estimate of drug-likeness (QED) is 0.587. The van der Waals surface area contributed by atoms with E-state index in [1.807, 2.05) is 24.1 Å². The fourth-order valence-electron chi connectivity index (χ4n) is 2.80. The van der Waals surface area contributed by atoms with Gasteiger partial charge in [-0.3, -0.25) is 4.79 Å². The number of benzene rings is 1. The molecule has 76 valence electrons. The first-order valence-corrected chi connectivity index (χ1v) is 5.24. The molecule has 2 atom stereocenters. The second kappa shape index (κ2) is 2.72. The van der Waals surface area contributed by atoms with Gasteiger partial charge in [-0.15, -0.1) is 0 Å². The summed E-state index contributed by atoms with van der Waals surface area (Å²) >= 11 is 0. The Morgan fingerprint density at radius 2 is 1.87 bits per heavy atom. The van der Waals surface area contributed by atoms with E-state index >= 15 is 0 Å². The Bertz CT molecular complexity index is 475. The van der Waals surface area contributed by atoms with Crippen LogP contribution in [0.2, 0.25) is 0 Å². The minimum atomic E-state index is -0.0452. The maximum Gasteiger partial charge on any atom is 0.234 e. The molecule has 0 unspecified atom stereocenters. The van der Waals surface area contributed by atoms with Gasteiger partial charge in [-0.2, -0.15) is 0 Å². The van der Waals surface area contributed by atoms with Crippen molar-refractivity contribution in [3.05, 3.63) is 47.0 Å². The number of hydrogen-bond donors (Lipinski definition) is 0. The molecule has 1 aromatic carbocycles. The lowest BCUT2D eigenvalue weighted by molar-refractivity contribution is -0.133. The second-order valence-electron chi connectivity index (χ2n) is 4.37. The molecule has 0 radical (unpaired) electrons. The number of likely N-dealkylation sites (N-methyl/N-ethyl adjacent to an activating group) is 1. The Labute approximate surface area is 89.2 Å². The fraction of sp³-hybridized carbons (Fsp3) is 0.308. The summed E-state index contributed by atoms with van der Waals surface area (Å²) in [5, 5.41) is 0. The average molecular weight is 199 g/mol. The zero-order valence-electron chi connectivity index (χ0n) is 8.90. The molecular formula is C13H13NO. The minimum Gasteiger partial charge on any atom is -0.334 e. The number of rotatable bonds is 0. The van der Waals surface area contributed by atoms with E-state index in [2.05, 4.69) is 25.1 Å². The van der Waals surface area contributed by atoms with E-state index in [9.17, 15) is 4.79 Å². The van der Waals surface area contributed by atoms with Crippen LogP contribution in [0.15, 0.2) is 35.9 Å². The van der Waals surface area contributed by atoms with Gasteiger partial charge in [0.1, 0.15) is 0 Å². The molecule has 0 fully saturated rings. The lowest BCUT2D eigenvalue weighted by Gasteiger charge is -2.43. The summed E-state index contributed by atoms with van der Waals surface area (Å²) in [7, 11) is 1.90. The standard InChI is InChI=1S/C13H13NO/c1-8-7-11-9-5-3-4-6-10(9)12(8)14(2)13(11)15/h3-7,11-12H,1-2H3/t11-,12-/m1/s1. The molecule has 1 aliphatic carbocycles. The highest BCUT2D eigenvalue weighted by molar-refractivity contribution is 5.90. The van der Waals surface area contributed by atoms with Crippen LogP contribution in [0.5, 0.6) is 0 Å². The third-order valence-electron chi connectivity index (χ3n) is 3.49. The highest BCUT2D eigenvalue weighted by Crippen LogP contribution is 2.45. The van der Waals surface area contributed by atoms with Crippen LogP contribution in [0.3, 0.4) is 0 Å². The molecule has 0 aromatic heterocycles. The number of hydrogen-bond acceptors (Lipinski definition) is 1. The van der Waals surface area contributed by atoms with E-state index in [4.69, 9.17) is 0 Å². The van der Waals surface area contributed by atoms with Gasteiger partial charge < -0.3 is 4.90 Å². The number of carbonyl (C=O) groups excluding carboxylic acids is 1. The molecule has 2 heteroatoms. The molecule has 1 amide bonds. The fourth-order valence-corrected chi connectivity index (χ4v) is 2.80. The molecule has 0 saturated heterocycles. The van der Waals surface area contributed by atoms with Gasteiger partial charge in [-0.25, -0.2) is 0 Å². The monoisotopic (exact) mass is 199 g/mol. The number of amides is 1. The molecule has 2 bridgehead atoms. The van der Waals surface area contributed by atoms with Crippen molar-refractivity contribution in [2.45, 2.75) is 18.9 Å². The molecule has 0 spiro atoms. The summed E-state index contributed by atoms with van der Waals surface area (Å²) in [6.07, 6.45) is 2.11. The van der Waals surface area contributed by atoms with Gasteiger partial charge in [-0.05, 0) is 23.6 Å². The van der Waals surface area contributed by atoms with Gasteiger partial charge in [0.25, 0.3) is 0 Å². The zero-order chi connectivity index (χ0) is 10.6. The highest BCUT2D eigenvalue weighted by Gasteiger charge is 2.41. The Morgan fingerprint density at radius 1 is 1.20 bits per heavy atom. The summed E-state index contributed by atoms with van der Waals surface area (Å²) < 4.78 is 0. The van der Waals surface area contributed by atoms with Crippen LogP contribution < -0.4 is 0 Å². The van der Waals surface area contributed by atoms with Gasteiger partial charge in [0.15, 0.2) is 0 Å². The second-order valence-corrected chi connectivity index (χ2v) is 4.37. The third-order valence-corrected chi connectivity index (χ3v) is 3.49. The van der Waals surface area contributed by atoms with Gasteiger partial charge >= 0.3 is 0 Å². The predicted molar refractivity (Wildman–Crippen MR) is 58.5 cm³/mol. The molecule has 2 heterocycles. The van der Waals surface area contributed by atoms with E-state index < -0.39 is 0 Å². The maximum atomic E-state index is 12.0. The van der Waals surface area contributed by atoms with E-state index in [0.717, 1.165) is 0 Å². The topological polar surface area (TPSA) is 20.3 Å². The van der Waals surface area contributed by atoms with Crippen molar-refractivity contribution in [1.82, 2.24) is 4.90 Å². The normalized spacial score (nSPS) is 27.7. The molecular weight excluding hydrogens is 186 g/mol. The molecule has 15 heavy (non-hydrogen) atoms. The SMILES string of the molecule is CC1=C[C@H]2C(=O)N(C)[C@H]1c1ccccc12. The largest absolute Gasteiger partial charge is 0.334 e. The molecule has 4 rings (SSSR count). The van der Waals surface area contributed by atoms with Crippen LogP contribution in [-0.2, 0) is 4.79 Å². The van der Waals surface area contributed by atoms with Crippen molar-refractivity contribution in [3.8, 4) is 0 Å². The summed E-state index contributed by atoms with van der Waals surface area (Å²) in [5.74, 6) is 0.181. The molecule has 3 aliphatic rings. The lowest BCUT2D eigenvalue weighted by Crippen LogP contribution is -2.43. The Balaban J connectivity index is 2.28. The van der Waals surface area contributed by atoms with Crippen LogP contribution in [0.4, 0.5) is 0 Å². The van der Waals surface area contributed by atoms with Crippen LogP contribution in [0.25, 0.3) is 0 Å². The van der Waals surface area contributed by atoms with Gasteiger partial charge in [-0.1, -0.05) is 30.3 Å². The predicted octanol–water partition coefficient (Wildman–Crippen LogP) is 2.24. The Morgan fingerprint density at radius 3 is 2.60 bits per heavy atom. The van der Waals surface area contributed by atoms with Crippen molar-refractivity contribution in [2.75, 3.05) is 7.05 Å². The van der Waals surface area contributed by atoms with Crippen LogP contribution in [0.1, 0.15) is 30.0 Å². The van der Waals surface area contributed by atoms with Gasteiger partial charge in [0.2, 0.25) is 5.91 Å². The lowest BCUT2D eigenvalue weighted by atomic mass is 9.76. The van der Waals surface area contributed by atoms with Crippen molar-refractivity contribution in [3.63, 3.8) is 0 Å². The van der Waals surface area contributed by atoms with Crippen molar-refractivity contribution >= 4 is 5.91 Å². The number of fused-ring (bicyclic) bond motifs is 1. The van der Waals surface area contributed by atoms with Crippen LogP contribution in [-0.4, -0.2) is 17.9 Å². The molecule has 2 aliphatic heterocycles. The summed E-state index contributed by atoms with van der Waals surface area (Å²) in [5.41, 5.74) is 3.78. The molecule has 2 nitrogen and oxygen atoms in total. The first-order chi connectivity index (χ1) is 7.20. The third kappa shape index (κ3) is 0.965. The molecule has 1 aromatic rings. The van der Waals surface area contributed by atoms with Crippen LogP contribution >= 0.6 is 0 Å². The average Bonchev–Trinajstić information content (AvgIpc) is 2.24. The number of nitrogens with zero attached hydrogens (tertiary/aromatic N) is 1.